The molecule has 1 heterocycles. The van der Waals surface area contributed by atoms with Crippen LogP contribution in [0.4, 0.5) is 4.39 Å². The number of ether oxygens (including phenoxy) is 1. The Morgan fingerprint density at radius 3 is 2.80 bits per heavy atom. The fraction of sp³-hybridized carbons (Fsp3) is 0.200. The second kappa shape index (κ2) is 5.35. The molecule has 20 heavy (non-hydrogen) atoms. The molecule has 1 aliphatic rings. The quantitative estimate of drug-likeness (QED) is 0.799. The summed E-state index contributed by atoms with van der Waals surface area (Å²) in [6.07, 6.45) is 0.446. The highest BCUT2D eigenvalue weighted by molar-refractivity contribution is 9.10. The first-order valence-electron chi connectivity index (χ1n) is 6.21. The topological polar surface area (TPSA) is 35.2 Å². The molecule has 2 aromatic rings. The standard InChI is InChI=1S/C15H12BrClFNO/c16-11-5-8(1-3-12(11)17)15-7-13(19)10-6-9(18)2-4-14(10)20-15/h1-6,13,15H,7,19H2/t13-,15?/m1/s1. The predicted molar refractivity (Wildman–Crippen MR) is 80.5 cm³/mol. The van der Waals surface area contributed by atoms with Crippen molar-refractivity contribution in [1.82, 2.24) is 0 Å². The molecule has 0 fully saturated rings. The molecule has 1 aliphatic heterocycles. The fourth-order valence-corrected chi connectivity index (χ4v) is 2.91. The van der Waals surface area contributed by atoms with Crippen LogP contribution in [-0.2, 0) is 0 Å². The van der Waals surface area contributed by atoms with Crippen LogP contribution in [0, 0.1) is 5.82 Å². The van der Waals surface area contributed by atoms with E-state index in [1.54, 1.807) is 6.07 Å². The van der Waals surface area contributed by atoms with Gasteiger partial charge in [-0.2, -0.15) is 0 Å². The Bertz CT molecular complexity index is 664. The average Bonchev–Trinajstić information content (AvgIpc) is 2.42. The lowest BCUT2D eigenvalue weighted by Gasteiger charge is -2.30. The molecule has 0 spiro atoms. The van der Waals surface area contributed by atoms with Crippen molar-refractivity contribution < 1.29 is 9.13 Å². The molecule has 5 heteroatoms. The molecule has 0 aliphatic carbocycles. The minimum absolute atomic E-state index is 0.156. The van der Waals surface area contributed by atoms with Crippen LogP contribution < -0.4 is 10.5 Å². The van der Waals surface area contributed by atoms with E-state index >= 15 is 0 Å². The van der Waals surface area contributed by atoms with E-state index in [4.69, 9.17) is 22.1 Å². The second-order valence-corrected chi connectivity index (χ2v) is 6.07. The van der Waals surface area contributed by atoms with Crippen molar-refractivity contribution in [3.8, 4) is 5.75 Å². The summed E-state index contributed by atoms with van der Waals surface area (Å²) in [6, 6.07) is 9.86. The number of nitrogens with two attached hydrogens (primary N) is 1. The number of fused-ring (bicyclic) bond motifs is 1. The van der Waals surface area contributed by atoms with Crippen LogP contribution in [0.3, 0.4) is 0 Å². The van der Waals surface area contributed by atoms with Gasteiger partial charge in [0.1, 0.15) is 17.7 Å². The van der Waals surface area contributed by atoms with Crippen molar-refractivity contribution in [2.75, 3.05) is 0 Å². The maximum absolute atomic E-state index is 13.3. The summed E-state index contributed by atoms with van der Waals surface area (Å²) in [6.45, 7) is 0. The average molecular weight is 357 g/mol. The van der Waals surface area contributed by atoms with E-state index in [-0.39, 0.29) is 18.0 Å². The van der Waals surface area contributed by atoms with Gasteiger partial charge in [-0.25, -0.2) is 4.39 Å². The van der Waals surface area contributed by atoms with Gasteiger partial charge in [0.15, 0.2) is 0 Å². The molecular formula is C15H12BrClFNO. The summed E-state index contributed by atoms with van der Waals surface area (Å²) in [5, 5.41) is 0.649. The molecule has 2 aromatic carbocycles. The number of hydrogen-bond donors (Lipinski definition) is 1. The van der Waals surface area contributed by atoms with Crippen LogP contribution >= 0.6 is 27.5 Å². The third-order valence-corrected chi connectivity index (χ3v) is 4.64. The van der Waals surface area contributed by atoms with Crippen molar-refractivity contribution in [2.45, 2.75) is 18.6 Å². The van der Waals surface area contributed by atoms with Crippen molar-refractivity contribution in [3.63, 3.8) is 0 Å². The molecule has 2 N–H and O–H groups in total. The van der Waals surface area contributed by atoms with E-state index in [1.807, 2.05) is 18.2 Å². The van der Waals surface area contributed by atoms with Gasteiger partial charge >= 0.3 is 0 Å². The number of halogens is 3. The van der Waals surface area contributed by atoms with E-state index in [2.05, 4.69) is 15.9 Å². The predicted octanol–water partition coefficient (Wildman–Crippen LogP) is 4.77. The van der Waals surface area contributed by atoms with E-state index in [9.17, 15) is 4.39 Å². The molecule has 1 unspecified atom stereocenters. The molecule has 0 saturated heterocycles. The summed E-state index contributed by atoms with van der Waals surface area (Å²) in [7, 11) is 0. The largest absolute Gasteiger partial charge is 0.485 e. The summed E-state index contributed by atoms with van der Waals surface area (Å²) in [4.78, 5) is 0. The Morgan fingerprint density at radius 1 is 1.25 bits per heavy atom. The number of rotatable bonds is 1. The Kier molecular flexibility index (Phi) is 3.71. The van der Waals surface area contributed by atoms with Crippen LogP contribution in [0.5, 0.6) is 5.75 Å². The highest BCUT2D eigenvalue weighted by atomic mass is 79.9. The third kappa shape index (κ3) is 2.55. The first-order chi connectivity index (χ1) is 9.54. The summed E-state index contributed by atoms with van der Waals surface area (Å²) in [5.41, 5.74) is 7.84. The molecule has 2 atom stereocenters. The molecule has 0 bridgehead atoms. The van der Waals surface area contributed by atoms with Gasteiger partial charge in [-0.05, 0) is 51.8 Å². The Labute approximate surface area is 129 Å². The molecule has 0 amide bonds. The smallest absolute Gasteiger partial charge is 0.126 e. The Balaban J connectivity index is 1.94. The van der Waals surface area contributed by atoms with Crippen LogP contribution in [-0.4, -0.2) is 0 Å². The molecule has 3 rings (SSSR count). The van der Waals surface area contributed by atoms with Crippen molar-refractivity contribution in [1.29, 1.82) is 0 Å². The van der Waals surface area contributed by atoms with Gasteiger partial charge < -0.3 is 10.5 Å². The van der Waals surface area contributed by atoms with E-state index in [0.29, 0.717) is 22.8 Å². The minimum Gasteiger partial charge on any atom is -0.485 e. The zero-order chi connectivity index (χ0) is 14.3. The number of benzene rings is 2. The maximum atomic E-state index is 13.3. The third-order valence-electron chi connectivity index (χ3n) is 3.42. The van der Waals surface area contributed by atoms with Crippen molar-refractivity contribution in [2.24, 2.45) is 5.73 Å². The normalized spacial score (nSPS) is 21.2. The van der Waals surface area contributed by atoms with Gasteiger partial charge in [0.05, 0.1) is 5.02 Å². The first kappa shape index (κ1) is 13.9. The van der Waals surface area contributed by atoms with Gasteiger partial charge in [0, 0.05) is 22.5 Å². The van der Waals surface area contributed by atoms with E-state index < -0.39 is 0 Å². The monoisotopic (exact) mass is 355 g/mol. The van der Waals surface area contributed by atoms with E-state index in [1.165, 1.54) is 12.1 Å². The fourth-order valence-electron chi connectivity index (χ4n) is 2.39. The lowest BCUT2D eigenvalue weighted by molar-refractivity contribution is 0.161. The van der Waals surface area contributed by atoms with Crippen LogP contribution in [0.1, 0.15) is 29.7 Å². The SMILES string of the molecule is N[C@@H]1CC(c2ccc(Cl)c(Br)c2)Oc2ccc(F)cc21. The zero-order valence-electron chi connectivity index (χ0n) is 10.4. The molecular weight excluding hydrogens is 345 g/mol. The minimum atomic E-state index is -0.296. The molecule has 0 saturated carbocycles. The summed E-state index contributed by atoms with van der Waals surface area (Å²) < 4.78 is 20.0. The lowest BCUT2D eigenvalue weighted by atomic mass is 9.93. The highest BCUT2D eigenvalue weighted by Crippen LogP contribution is 2.40. The Morgan fingerprint density at radius 2 is 2.05 bits per heavy atom. The van der Waals surface area contributed by atoms with Crippen LogP contribution in [0.15, 0.2) is 40.9 Å². The van der Waals surface area contributed by atoms with Gasteiger partial charge in [-0.3, -0.25) is 0 Å². The summed E-state index contributed by atoms with van der Waals surface area (Å²) >= 11 is 9.39. The molecule has 104 valence electrons. The highest BCUT2D eigenvalue weighted by Gasteiger charge is 2.27. The van der Waals surface area contributed by atoms with Crippen LogP contribution in [0.2, 0.25) is 5.02 Å². The molecule has 0 aromatic heterocycles. The van der Waals surface area contributed by atoms with Gasteiger partial charge in [-0.15, -0.1) is 0 Å². The molecule has 2 nitrogen and oxygen atoms in total. The molecule has 0 radical (unpaired) electrons. The lowest BCUT2D eigenvalue weighted by Crippen LogP contribution is -2.24. The van der Waals surface area contributed by atoms with E-state index in [0.717, 1.165) is 10.0 Å². The maximum Gasteiger partial charge on any atom is 0.126 e. The number of hydrogen-bond acceptors (Lipinski definition) is 2. The van der Waals surface area contributed by atoms with Gasteiger partial charge in [-0.1, -0.05) is 17.7 Å². The summed E-state index contributed by atoms with van der Waals surface area (Å²) in [5.74, 6) is 0.344. The second-order valence-electron chi connectivity index (χ2n) is 4.80. The first-order valence-corrected chi connectivity index (χ1v) is 7.38. The Hall–Kier alpha value is -1.10. The van der Waals surface area contributed by atoms with Crippen LogP contribution in [0.25, 0.3) is 0 Å². The van der Waals surface area contributed by atoms with Gasteiger partial charge in [0.25, 0.3) is 0 Å². The van der Waals surface area contributed by atoms with Gasteiger partial charge in [0.2, 0.25) is 0 Å². The zero-order valence-corrected chi connectivity index (χ0v) is 12.8. The van der Waals surface area contributed by atoms with Crippen molar-refractivity contribution >= 4 is 27.5 Å². The van der Waals surface area contributed by atoms with Crippen molar-refractivity contribution in [3.05, 3.63) is 62.8 Å².